The van der Waals surface area contributed by atoms with Crippen LogP contribution in [0, 0.1) is 5.92 Å². The van der Waals surface area contributed by atoms with E-state index >= 15 is 0 Å². The van der Waals surface area contributed by atoms with Crippen LogP contribution in [-0.4, -0.2) is 45.1 Å². The Balaban J connectivity index is 1.45. The summed E-state index contributed by atoms with van der Waals surface area (Å²) in [7, 11) is 0. The lowest BCUT2D eigenvalue weighted by atomic mass is 9.96. The molecule has 1 aromatic rings. The van der Waals surface area contributed by atoms with Gasteiger partial charge in [0.1, 0.15) is 11.6 Å². The standard InChI is InChI=1S/C18H31N5O2/c24-13-14-7-3-1-4-8-15(14)20-18(25)19-11-10-17-22-21-16-9-5-2-6-12-23(16)17/h14-15,24H,1-13H2,(H2,19,20,25)/t14-,15-/m0/s1. The second-order valence-corrected chi connectivity index (χ2v) is 7.33. The molecule has 3 rings (SSSR count). The Morgan fingerprint density at radius 3 is 2.84 bits per heavy atom. The monoisotopic (exact) mass is 349 g/mol. The summed E-state index contributed by atoms with van der Waals surface area (Å²) < 4.78 is 2.22. The normalized spacial score (nSPS) is 24.0. The van der Waals surface area contributed by atoms with Crippen molar-refractivity contribution in [1.29, 1.82) is 0 Å². The molecule has 2 atom stereocenters. The van der Waals surface area contributed by atoms with E-state index in [0.29, 0.717) is 13.0 Å². The fourth-order valence-electron chi connectivity index (χ4n) is 4.03. The predicted molar refractivity (Wildman–Crippen MR) is 95.3 cm³/mol. The number of aryl methyl sites for hydroxylation is 1. The summed E-state index contributed by atoms with van der Waals surface area (Å²) in [6.45, 7) is 1.70. The number of aliphatic hydroxyl groups excluding tert-OH is 1. The summed E-state index contributed by atoms with van der Waals surface area (Å²) in [6.07, 6.45) is 10.7. The molecule has 7 nitrogen and oxygen atoms in total. The molecule has 1 saturated carbocycles. The molecule has 0 saturated heterocycles. The van der Waals surface area contributed by atoms with E-state index in [9.17, 15) is 9.90 Å². The van der Waals surface area contributed by atoms with Gasteiger partial charge < -0.3 is 20.3 Å². The highest BCUT2D eigenvalue weighted by molar-refractivity contribution is 5.74. The third-order valence-electron chi connectivity index (χ3n) is 5.53. The Labute approximate surface area is 149 Å². The van der Waals surface area contributed by atoms with Crippen LogP contribution in [0.2, 0.25) is 0 Å². The highest BCUT2D eigenvalue weighted by Gasteiger charge is 2.24. The third kappa shape index (κ3) is 4.93. The number of urea groups is 1. The molecule has 3 N–H and O–H groups in total. The zero-order valence-corrected chi connectivity index (χ0v) is 15.0. The molecule has 140 valence electrons. The minimum atomic E-state index is -0.138. The van der Waals surface area contributed by atoms with Crippen molar-refractivity contribution in [2.24, 2.45) is 5.92 Å². The Morgan fingerprint density at radius 1 is 1.12 bits per heavy atom. The van der Waals surface area contributed by atoms with E-state index in [-0.39, 0.29) is 24.6 Å². The predicted octanol–water partition coefficient (Wildman–Crippen LogP) is 1.79. The van der Waals surface area contributed by atoms with Crippen LogP contribution in [0.4, 0.5) is 4.79 Å². The van der Waals surface area contributed by atoms with Crippen LogP contribution in [0.1, 0.15) is 63.0 Å². The van der Waals surface area contributed by atoms with Gasteiger partial charge in [-0.2, -0.15) is 0 Å². The number of rotatable bonds is 5. The molecule has 1 aliphatic carbocycles. The molecule has 1 aromatic heterocycles. The van der Waals surface area contributed by atoms with Crippen LogP contribution < -0.4 is 10.6 Å². The van der Waals surface area contributed by atoms with Crippen LogP contribution >= 0.6 is 0 Å². The molecule has 1 fully saturated rings. The number of aliphatic hydroxyl groups is 1. The summed E-state index contributed by atoms with van der Waals surface area (Å²) in [6, 6.07) is -0.0576. The minimum Gasteiger partial charge on any atom is -0.396 e. The second-order valence-electron chi connectivity index (χ2n) is 7.33. The maximum Gasteiger partial charge on any atom is 0.315 e. The Kier molecular flexibility index (Phi) is 6.67. The molecule has 0 unspecified atom stereocenters. The Bertz CT molecular complexity index is 560. The fraction of sp³-hybridized carbons (Fsp3) is 0.833. The van der Waals surface area contributed by atoms with Gasteiger partial charge >= 0.3 is 6.03 Å². The van der Waals surface area contributed by atoms with Gasteiger partial charge in [0.2, 0.25) is 0 Å². The first kappa shape index (κ1) is 18.2. The van der Waals surface area contributed by atoms with Gasteiger partial charge in [0, 0.05) is 44.5 Å². The zero-order chi connectivity index (χ0) is 17.5. The van der Waals surface area contributed by atoms with Crippen LogP contribution in [-0.2, 0) is 19.4 Å². The van der Waals surface area contributed by atoms with Crippen LogP contribution in [0.5, 0.6) is 0 Å². The fourth-order valence-corrected chi connectivity index (χ4v) is 4.03. The summed E-state index contributed by atoms with van der Waals surface area (Å²) in [5.41, 5.74) is 0. The van der Waals surface area contributed by atoms with Crippen molar-refractivity contribution >= 4 is 6.03 Å². The number of fused-ring (bicyclic) bond motifs is 1. The molecule has 2 heterocycles. The molecule has 2 aliphatic rings. The van der Waals surface area contributed by atoms with Crippen molar-refractivity contribution < 1.29 is 9.90 Å². The molecule has 2 amide bonds. The quantitative estimate of drug-likeness (QED) is 0.707. The van der Waals surface area contributed by atoms with Crippen molar-refractivity contribution in [2.75, 3.05) is 13.2 Å². The first-order valence-corrected chi connectivity index (χ1v) is 9.84. The largest absolute Gasteiger partial charge is 0.396 e. The first-order valence-electron chi connectivity index (χ1n) is 9.84. The first-order chi connectivity index (χ1) is 12.3. The van der Waals surface area contributed by atoms with Crippen molar-refractivity contribution in [1.82, 2.24) is 25.4 Å². The van der Waals surface area contributed by atoms with Crippen molar-refractivity contribution in [3.05, 3.63) is 11.6 Å². The molecule has 0 spiro atoms. The summed E-state index contributed by atoms with van der Waals surface area (Å²) >= 11 is 0. The highest BCUT2D eigenvalue weighted by atomic mass is 16.3. The zero-order valence-electron chi connectivity index (χ0n) is 15.0. The molecule has 0 radical (unpaired) electrons. The van der Waals surface area contributed by atoms with E-state index in [1.165, 1.54) is 25.7 Å². The Morgan fingerprint density at radius 2 is 1.96 bits per heavy atom. The molecular weight excluding hydrogens is 318 g/mol. The van der Waals surface area contributed by atoms with Gasteiger partial charge in [0.25, 0.3) is 0 Å². The molecule has 25 heavy (non-hydrogen) atoms. The second kappa shape index (κ2) is 9.17. The number of hydrogen-bond acceptors (Lipinski definition) is 4. The van der Waals surface area contributed by atoms with E-state index in [4.69, 9.17) is 0 Å². The van der Waals surface area contributed by atoms with E-state index < -0.39 is 0 Å². The smallest absolute Gasteiger partial charge is 0.315 e. The van der Waals surface area contributed by atoms with Crippen molar-refractivity contribution in [3.8, 4) is 0 Å². The number of nitrogens with one attached hydrogen (secondary N) is 2. The lowest BCUT2D eigenvalue weighted by Crippen LogP contribution is -2.46. The Hall–Kier alpha value is -1.63. The number of nitrogens with zero attached hydrogens (tertiary/aromatic N) is 3. The molecule has 1 aliphatic heterocycles. The lowest BCUT2D eigenvalue weighted by Gasteiger charge is -2.24. The minimum absolute atomic E-state index is 0.0804. The SMILES string of the molecule is O=C(NCCc1nnc2n1CCCCC2)N[C@H]1CCCCC[C@H]1CO. The van der Waals surface area contributed by atoms with Gasteiger partial charge in [0.05, 0.1) is 0 Å². The average molecular weight is 349 g/mol. The van der Waals surface area contributed by atoms with Gasteiger partial charge in [0.15, 0.2) is 0 Å². The summed E-state index contributed by atoms with van der Waals surface area (Å²) in [5, 5.41) is 24.1. The van der Waals surface area contributed by atoms with Gasteiger partial charge in [-0.3, -0.25) is 0 Å². The molecular formula is C18H31N5O2. The van der Waals surface area contributed by atoms with Crippen molar-refractivity contribution in [2.45, 2.75) is 76.8 Å². The van der Waals surface area contributed by atoms with Gasteiger partial charge in [-0.1, -0.05) is 25.7 Å². The lowest BCUT2D eigenvalue weighted by molar-refractivity contribution is 0.179. The highest BCUT2D eigenvalue weighted by Crippen LogP contribution is 2.23. The third-order valence-corrected chi connectivity index (χ3v) is 5.53. The van der Waals surface area contributed by atoms with E-state index in [0.717, 1.165) is 50.3 Å². The van der Waals surface area contributed by atoms with Crippen LogP contribution in [0.25, 0.3) is 0 Å². The van der Waals surface area contributed by atoms with Crippen molar-refractivity contribution in [3.63, 3.8) is 0 Å². The molecule has 7 heteroatoms. The maximum absolute atomic E-state index is 12.2. The number of carbonyl (C=O) groups excluding carboxylic acids is 1. The van der Waals surface area contributed by atoms with Gasteiger partial charge in [-0.25, -0.2) is 4.79 Å². The average Bonchev–Trinajstić information content (AvgIpc) is 2.80. The maximum atomic E-state index is 12.2. The van der Waals surface area contributed by atoms with Crippen LogP contribution in [0.3, 0.4) is 0 Å². The summed E-state index contributed by atoms with van der Waals surface area (Å²) in [4.78, 5) is 12.2. The van der Waals surface area contributed by atoms with Crippen LogP contribution in [0.15, 0.2) is 0 Å². The number of hydrogen-bond donors (Lipinski definition) is 3. The van der Waals surface area contributed by atoms with Gasteiger partial charge in [-0.05, 0) is 25.7 Å². The topological polar surface area (TPSA) is 92.1 Å². The number of aromatic nitrogens is 3. The summed E-state index contributed by atoms with van der Waals surface area (Å²) in [5.74, 6) is 2.24. The van der Waals surface area contributed by atoms with Gasteiger partial charge in [-0.15, -0.1) is 10.2 Å². The van der Waals surface area contributed by atoms with E-state index in [1.807, 2.05) is 0 Å². The molecule has 0 bridgehead atoms. The number of amides is 2. The molecule has 0 aromatic carbocycles. The number of carbonyl (C=O) groups is 1. The van der Waals surface area contributed by atoms with E-state index in [1.54, 1.807) is 0 Å². The van der Waals surface area contributed by atoms with E-state index in [2.05, 4.69) is 25.4 Å².